The minimum absolute atomic E-state index is 0.307. The van der Waals surface area contributed by atoms with Gasteiger partial charge in [0.1, 0.15) is 5.38 Å². The van der Waals surface area contributed by atoms with Crippen LogP contribution in [-0.2, 0) is 4.74 Å². The molecule has 1 amide bonds. The van der Waals surface area contributed by atoms with Gasteiger partial charge in [-0.15, -0.1) is 17.5 Å². The third-order valence-corrected chi connectivity index (χ3v) is 1.31. The second-order valence-electron chi connectivity index (χ2n) is 2.01. The van der Waals surface area contributed by atoms with Crippen LogP contribution < -0.4 is 5.32 Å². The van der Waals surface area contributed by atoms with Crippen LogP contribution in [0.25, 0.3) is 0 Å². The Hall–Kier alpha value is -0.880. The topological polar surface area (TPSA) is 38.3 Å². The summed E-state index contributed by atoms with van der Waals surface area (Å²) in [6.07, 6.45) is 0.278. The van der Waals surface area contributed by atoms with E-state index in [9.17, 15) is 4.79 Å². The highest BCUT2D eigenvalue weighted by molar-refractivity contribution is 6.22. The van der Waals surface area contributed by atoms with Crippen LogP contribution >= 0.6 is 11.6 Å². The van der Waals surface area contributed by atoms with Gasteiger partial charge in [0.2, 0.25) is 0 Å². The summed E-state index contributed by atoms with van der Waals surface area (Å²) in [5.74, 6) is 5.57. The van der Waals surface area contributed by atoms with Gasteiger partial charge in [0.05, 0.1) is 7.11 Å². The van der Waals surface area contributed by atoms with Gasteiger partial charge in [0, 0.05) is 13.0 Å². The van der Waals surface area contributed by atoms with Crippen LogP contribution in [0, 0.1) is 11.8 Å². The van der Waals surface area contributed by atoms with Crippen LogP contribution in [0.15, 0.2) is 0 Å². The molecule has 1 unspecified atom stereocenters. The largest absolute Gasteiger partial charge is 0.453 e. The summed E-state index contributed by atoms with van der Waals surface area (Å²) in [5, 5.41) is 2.10. The van der Waals surface area contributed by atoms with Crippen LogP contribution in [0.2, 0.25) is 0 Å². The molecule has 1 atom stereocenters. The van der Waals surface area contributed by atoms with Crippen molar-refractivity contribution in [2.24, 2.45) is 0 Å². The summed E-state index contributed by atoms with van der Waals surface area (Å²) in [5.41, 5.74) is 0. The Labute approximate surface area is 77.4 Å². The first-order chi connectivity index (χ1) is 5.70. The molecule has 0 aromatic carbocycles. The van der Waals surface area contributed by atoms with E-state index >= 15 is 0 Å². The molecule has 0 rings (SSSR count). The maximum absolute atomic E-state index is 10.5. The van der Waals surface area contributed by atoms with Crippen LogP contribution in [0.1, 0.15) is 13.3 Å². The molecule has 0 bridgehead atoms. The van der Waals surface area contributed by atoms with Crippen LogP contribution in [0.3, 0.4) is 0 Å². The summed E-state index contributed by atoms with van der Waals surface area (Å²) < 4.78 is 4.35. The highest BCUT2D eigenvalue weighted by Gasteiger charge is 2.02. The first-order valence-corrected chi connectivity index (χ1v) is 4.08. The molecular weight excluding hydrogens is 178 g/mol. The van der Waals surface area contributed by atoms with Crippen LogP contribution in [0.4, 0.5) is 4.79 Å². The molecule has 0 aliphatic heterocycles. The average molecular weight is 190 g/mol. The molecule has 0 spiro atoms. The van der Waals surface area contributed by atoms with Gasteiger partial charge in [-0.3, -0.25) is 0 Å². The van der Waals surface area contributed by atoms with Crippen molar-refractivity contribution >= 4 is 17.7 Å². The van der Waals surface area contributed by atoms with Crippen LogP contribution in [-0.4, -0.2) is 25.1 Å². The van der Waals surface area contributed by atoms with E-state index in [0.717, 1.165) is 6.42 Å². The van der Waals surface area contributed by atoms with Crippen molar-refractivity contribution in [3.8, 4) is 11.8 Å². The number of methoxy groups -OCH3 is 1. The lowest BCUT2D eigenvalue weighted by Gasteiger charge is -2.03. The van der Waals surface area contributed by atoms with Crippen LogP contribution in [0.5, 0.6) is 0 Å². The average Bonchev–Trinajstić information content (AvgIpc) is 2.10. The molecule has 0 heterocycles. The van der Waals surface area contributed by atoms with E-state index in [0.29, 0.717) is 6.54 Å². The van der Waals surface area contributed by atoms with E-state index in [2.05, 4.69) is 21.9 Å². The fourth-order valence-electron chi connectivity index (χ4n) is 0.509. The fourth-order valence-corrected chi connectivity index (χ4v) is 0.663. The molecule has 0 aliphatic rings. The van der Waals surface area contributed by atoms with E-state index < -0.39 is 6.09 Å². The Balaban J connectivity index is 3.56. The minimum atomic E-state index is -0.487. The first-order valence-electron chi connectivity index (χ1n) is 3.65. The quantitative estimate of drug-likeness (QED) is 0.526. The number of alkyl halides is 1. The molecule has 1 N–H and O–H groups in total. The standard InChI is InChI=1S/C8H12ClNO2/c1-3-4-5-7(9)6-10-8(11)12-2/h7H,3,6H2,1-2H3,(H,10,11). The lowest BCUT2D eigenvalue weighted by Crippen LogP contribution is -2.28. The van der Waals surface area contributed by atoms with Gasteiger partial charge in [-0.25, -0.2) is 4.79 Å². The number of halogens is 1. The molecule has 0 aliphatic carbocycles. The molecule has 0 saturated heterocycles. The van der Waals surface area contributed by atoms with Gasteiger partial charge in [-0.05, 0) is 0 Å². The van der Waals surface area contributed by atoms with Crippen molar-refractivity contribution in [3.63, 3.8) is 0 Å². The second-order valence-corrected chi connectivity index (χ2v) is 2.54. The predicted octanol–water partition coefficient (Wildman–Crippen LogP) is 1.36. The number of alkyl carbamates (subject to hydrolysis) is 1. The summed E-state index contributed by atoms with van der Waals surface area (Å²) >= 11 is 5.72. The summed E-state index contributed by atoms with van der Waals surface area (Å²) in [7, 11) is 1.30. The highest BCUT2D eigenvalue weighted by atomic mass is 35.5. The number of ether oxygens (including phenoxy) is 1. The van der Waals surface area contributed by atoms with E-state index in [1.54, 1.807) is 0 Å². The number of carbonyl (C=O) groups excluding carboxylic acids is 1. The van der Waals surface area contributed by atoms with Crippen molar-refractivity contribution in [2.75, 3.05) is 13.7 Å². The Morgan fingerprint density at radius 3 is 2.92 bits per heavy atom. The third-order valence-electron chi connectivity index (χ3n) is 1.05. The van der Waals surface area contributed by atoms with Crippen molar-refractivity contribution in [3.05, 3.63) is 0 Å². The van der Waals surface area contributed by atoms with Crippen molar-refractivity contribution in [1.82, 2.24) is 5.32 Å². The van der Waals surface area contributed by atoms with E-state index in [4.69, 9.17) is 11.6 Å². The Bertz CT molecular complexity index is 195. The molecule has 68 valence electrons. The smallest absolute Gasteiger partial charge is 0.406 e. The Morgan fingerprint density at radius 1 is 1.75 bits per heavy atom. The lowest BCUT2D eigenvalue weighted by molar-refractivity contribution is 0.171. The number of hydrogen-bond donors (Lipinski definition) is 1. The van der Waals surface area contributed by atoms with E-state index in [1.165, 1.54) is 7.11 Å². The van der Waals surface area contributed by atoms with Gasteiger partial charge < -0.3 is 10.1 Å². The SMILES string of the molecule is CCC#CC(Cl)CNC(=O)OC. The summed E-state index contributed by atoms with van der Waals surface area (Å²) in [6.45, 7) is 2.24. The van der Waals surface area contributed by atoms with Gasteiger partial charge in [0.15, 0.2) is 0 Å². The number of carbonyl (C=O) groups is 1. The number of amides is 1. The summed E-state index contributed by atoms with van der Waals surface area (Å²) in [4.78, 5) is 10.5. The Morgan fingerprint density at radius 2 is 2.42 bits per heavy atom. The third kappa shape index (κ3) is 5.87. The normalized spacial score (nSPS) is 10.9. The fraction of sp³-hybridized carbons (Fsp3) is 0.625. The summed E-state index contributed by atoms with van der Waals surface area (Å²) in [6, 6.07) is 0. The first kappa shape index (κ1) is 11.1. The molecule has 0 aromatic heterocycles. The maximum Gasteiger partial charge on any atom is 0.406 e. The van der Waals surface area contributed by atoms with Gasteiger partial charge >= 0.3 is 6.09 Å². The second kappa shape index (κ2) is 6.81. The molecule has 0 aromatic rings. The zero-order chi connectivity index (χ0) is 9.40. The number of rotatable bonds is 2. The number of hydrogen-bond acceptors (Lipinski definition) is 2. The molecule has 12 heavy (non-hydrogen) atoms. The lowest BCUT2D eigenvalue weighted by atomic mass is 10.4. The minimum Gasteiger partial charge on any atom is -0.453 e. The maximum atomic E-state index is 10.5. The number of nitrogens with one attached hydrogen (secondary N) is 1. The zero-order valence-corrected chi connectivity index (χ0v) is 7.94. The highest BCUT2D eigenvalue weighted by Crippen LogP contribution is 1.91. The molecule has 3 nitrogen and oxygen atoms in total. The molecule has 0 saturated carbocycles. The van der Waals surface area contributed by atoms with Crippen molar-refractivity contribution in [1.29, 1.82) is 0 Å². The zero-order valence-electron chi connectivity index (χ0n) is 7.19. The monoisotopic (exact) mass is 189 g/mol. The van der Waals surface area contributed by atoms with Gasteiger partial charge in [0.25, 0.3) is 0 Å². The van der Waals surface area contributed by atoms with Gasteiger partial charge in [-0.2, -0.15) is 0 Å². The molecule has 0 fully saturated rings. The molecule has 0 radical (unpaired) electrons. The predicted molar refractivity (Wildman–Crippen MR) is 48.1 cm³/mol. The molecular formula is C8H12ClNO2. The van der Waals surface area contributed by atoms with E-state index in [1.807, 2.05) is 6.92 Å². The van der Waals surface area contributed by atoms with Crippen molar-refractivity contribution in [2.45, 2.75) is 18.7 Å². The van der Waals surface area contributed by atoms with Crippen molar-refractivity contribution < 1.29 is 9.53 Å². The van der Waals surface area contributed by atoms with E-state index in [-0.39, 0.29) is 5.38 Å². The Kier molecular flexibility index (Phi) is 6.31. The van der Waals surface area contributed by atoms with Gasteiger partial charge in [-0.1, -0.05) is 12.8 Å². The molecule has 4 heteroatoms.